The summed E-state index contributed by atoms with van der Waals surface area (Å²) in [7, 11) is 3.07. The Hall–Kier alpha value is -0.940. The first kappa shape index (κ1) is 13.5. The van der Waals surface area contributed by atoms with Gasteiger partial charge in [0.1, 0.15) is 10.2 Å². The Balaban J connectivity index is 2.23. The second kappa shape index (κ2) is 4.97. The minimum absolute atomic E-state index is 0.0870. The number of nitrogens with zero attached hydrogens (tertiary/aromatic N) is 1. The van der Waals surface area contributed by atoms with Crippen molar-refractivity contribution in [3.8, 4) is 0 Å². The highest BCUT2D eigenvalue weighted by atomic mass is 79.9. The van der Waals surface area contributed by atoms with Crippen molar-refractivity contribution in [2.75, 3.05) is 14.2 Å². The van der Waals surface area contributed by atoms with Crippen molar-refractivity contribution in [1.29, 1.82) is 0 Å². The van der Waals surface area contributed by atoms with Crippen molar-refractivity contribution in [2.24, 2.45) is 5.92 Å². The lowest BCUT2D eigenvalue weighted by molar-refractivity contribution is -0.168. The molecule has 0 saturated heterocycles. The Bertz CT molecular complexity index is 449. The number of methoxy groups -OCH3 is 2. The summed E-state index contributed by atoms with van der Waals surface area (Å²) in [6.07, 6.45) is 1.25. The highest BCUT2D eigenvalue weighted by Gasteiger charge is 2.50. The van der Waals surface area contributed by atoms with Crippen LogP contribution >= 0.6 is 15.9 Å². The maximum atomic E-state index is 11.5. The van der Waals surface area contributed by atoms with Crippen LogP contribution in [0.5, 0.6) is 0 Å². The molecule has 5 heteroatoms. The van der Waals surface area contributed by atoms with Crippen LogP contribution in [0.15, 0.2) is 16.7 Å². The summed E-state index contributed by atoms with van der Waals surface area (Å²) >= 11 is 3.39. The smallest absolute Gasteiger partial charge is 0.308 e. The number of hydrogen-bond acceptors (Lipinski definition) is 4. The average Bonchev–Trinajstić information content (AvgIpc) is 2.26. The monoisotopic (exact) mass is 313 g/mol. The summed E-state index contributed by atoms with van der Waals surface area (Å²) in [6, 6.07) is 3.95. The summed E-state index contributed by atoms with van der Waals surface area (Å²) < 4.78 is 11.1. The van der Waals surface area contributed by atoms with Crippen LogP contribution in [0.1, 0.15) is 24.1 Å². The molecule has 2 rings (SSSR count). The molecule has 1 aliphatic rings. The van der Waals surface area contributed by atoms with Gasteiger partial charge in [0, 0.05) is 7.11 Å². The second-order valence-corrected chi connectivity index (χ2v) is 5.49. The molecule has 18 heavy (non-hydrogen) atoms. The van der Waals surface area contributed by atoms with E-state index in [-0.39, 0.29) is 11.9 Å². The fourth-order valence-electron chi connectivity index (χ4n) is 2.41. The number of carbonyl (C=O) groups is 1. The van der Waals surface area contributed by atoms with E-state index in [1.807, 2.05) is 19.1 Å². The van der Waals surface area contributed by atoms with E-state index in [1.54, 1.807) is 7.11 Å². The fraction of sp³-hybridized carbons (Fsp3) is 0.538. The lowest BCUT2D eigenvalue weighted by Gasteiger charge is -2.44. The number of ether oxygens (including phenoxy) is 2. The topological polar surface area (TPSA) is 48.4 Å². The molecule has 1 aromatic rings. The molecule has 0 atom stereocenters. The molecule has 0 N–H and O–H groups in total. The molecule has 0 aromatic carbocycles. The number of esters is 1. The first-order valence-electron chi connectivity index (χ1n) is 5.78. The van der Waals surface area contributed by atoms with E-state index >= 15 is 0 Å². The van der Waals surface area contributed by atoms with E-state index in [1.165, 1.54) is 7.11 Å². The van der Waals surface area contributed by atoms with Gasteiger partial charge in [0.15, 0.2) is 0 Å². The van der Waals surface area contributed by atoms with E-state index in [0.29, 0.717) is 12.8 Å². The minimum atomic E-state index is -0.451. The lowest BCUT2D eigenvalue weighted by atomic mass is 9.68. The lowest BCUT2D eigenvalue weighted by Crippen LogP contribution is -2.47. The quantitative estimate of drug-likeness (QED) is 0.635. The molecule has 4 nitrogen and oxygen atoms in total. The summed E-state index contributed by atoms with van der Waals surface area (Å²) in [6.45, 7) is 2.01. The molecule has 0 radical (unpaired) electrons. The third-order valence-corrected chi connectivity index (χ3v) is 3.89. The molecule has 1 saturated carbocycles. The molecule has 0 spiro atoms. The van der Waals surface area contributed by atoms with Gasteiger partial charge in [-0.2, -0.15) is 0 Å². The minimum Gasteiger partial charge on any atom is -0.469 e. The van der Waals surface area contributed by atoms with Crippen LogP contribution in [-0.4, -0.2) is 25.2 Å². The number of pyridine rings is 1. The third-order valence-electron chi connectivity index (χ3n) is 3.48. The molecular formula is C13H16BrNO3. The molecule has 0 unspecified atom stereocenters. The van der Waals surface area contributed by atoms with Gasteiger partial charge in [-0.1, -0.05) is 0 Å². The molecule has 1 heterocycles. The number of aryl methyl sites for hydroxylation is 1. The first-order valence-corrected chi connectivity index (χ1v) is 6.58. The number of rotatable bonds is 3. The van der Waals surface area contributed by atoms with Crippen LogP contribution in [0.3, 0.4) is 0 Å². The zero-order chi connectivity index (χ0) is 13.3. The summed E-state index contributed by atoms with van der Waals surface area (Å²) in [4.78, 5) is 15.9. The van der Waals surface area contributed by atoms with Gasteiger partial charge in [0.05, 0.1) is 18.7 Å². The molecule has 1 fully saturated rings. The summed E-state index contributed by atoms with van der Waals surface area (Å²) in [5.41, 5.74) is 1.54. The molecule has 98 valence electrons. The van der Waals surface area contributed by atoms with Crippen LogP contribution < -0.4 is 0 Å². The van der Waals surface area contributed by atoms with Gasteiger partial charge < -0.3 is 9.47 Å². The van der Waals surface area contributed by atoms with Crippen molar-refractivity contribution in [3.05, 3.63) is 28.0 Å². The van der Waals surface area contributed by atoms with Gasteiger partial charge in [0.2, 0.25) is 0 Å². The van der Waals surface area contributed by atoms with E-state index in [2.05, 4.69) is 20.9 Å². The van der Waals surface area contributed by atoms with E-state index in [0.717, 1.165) is 15.9 Å². The standard InChI is InChI=1S/C13H16BrNO3/c1-8-4-10(15-11(14)5-8)13(18-3)6-9(7-13)12(16)17-2/h4-5,9H,6-7H2,1-3H3. The van der Waals surface area contributed by atoms with Crippen LogP contribution in [0.2, 0.25) is 0 Å². The Labute approximate surface area is 115 Å². The maximum absolute atomic E-state index is 11.5. The zero-order valence-corrected chi connectivity index (χ0v) is 12.3. The third kappa shape index (κ3) is 2.29. The summed E-state index contributed by atoms with van der Waals surface area (Å²) in [5.74, 6) is -0.259. The number of halogens is 1. The van der Waals surface area contributed by atoms with Crippen LogP contribution in [-0.2, 0) is 19.9 Å². The summed E-state index contributed by atoms with van der Waals surface area (Å²) in [5, 5.41) is 0. The van der Waals surface area contributed by atoms with Crippen molar-refractivity contribution in [1.82, 2.24) is 4.98 Å². The van der Waals surface area contributed by atoms with Crippen molar-refractivity contribution in [3.63, 3.8) is 0 Å². The first-order chi connectivity index (χ1) is 8.50. The highest BCUT2D eigenvalue weighted by molar-refractivity contribution is 9.10. The van der Waals surface area contributed by atoms with Crippen LogP contribution in [0.25, 0.3) is 0 Å². The van der Waals surface area contributed by atoms with Gasteiger partial charge in [-0.05, 0) is 53.4 Å². The molecular weight excluding hydrogens is 298 g/mol. The normalized spacial score (nSPS) is 26.6. The SMILES string of the molecule is COC(=O)C1CC(OC)(c2cc(C)cc(Br)n2)C1. The molecule has 1 aromatic heterocycles. The molecule has 0 aliphatic heterocycles. The highest BCUT2D eigenvalue weighted by Crippen LogP contribution is 2.48. The molecule has 1 aliphatic carbocycles. The van der Waals surface area contributed by atoms with Gasteiger partial charge in [-0.15, -0.1) is 0 Å². The van der Waals surface area contributed by atoms with Gasteiger partial charge in [-0.3, -0.25) is 4.79 Å². The maximum Gasteiger partial charge on any atom is 0.308 e. The number of aromatic nitrogens is 1. The Morgan fingerprint density at radius 2 is 2.11 bits per heavy atom. The molecule has 0 amide bonds. The Kier molecular flexibility index (Phi) is 3.73. The molecule has 0 bridgehead atoms. The average molecular weight is 314 g/mol. The van der Waals surface area contributed by atoms with Crippen molar-refractivity contribution in [2.45, 2.75) is 25.4 Å². The van der Waals surface area contributed by atoms with Crippen molar-refractivity contribution < 1.29 is 14.3 Å². The second-order valence-electron chi connectivity index (χ2n) is 4.68. The van der Waals surface area contributed by atoms with Crippen LogP contribution in [0, 0.1) is 12.8 Å². The Morgan fingerprint density at radius 3 is 2.61 bits per heavy atom. The van der Waals surface area contributed by atoms with E-state index < -0.39 is 5.60 Å². The fourth-order valence-corrected chi connectivity index (χ4v) is 2.96. The van der Waals surface area contributed by atoms with Crippen LogP contribution in [0.4, 0.5) is 0 Å². The van der Waals surface area contributed by atoms with E-state index in [4.69, 9.17) is 9.47 Å². The van der Waals surface area contributed by atoms with Gasteiger partial charge >= 0.3 is 5.97 Å². The zero-order valence-electron chi connectivity index (χ0n) is 10.7. The van der Waals surface area contributed by atoms with Gasteiger partial charge in [-0.25, -0.2) is 4.98 Å². The van der Waals surface area contributed by atoms with Gasteiger partial charge in [0.25, 0.3) is 0 Å². The predicted molar refractivity (Wildman–Crippen MR) is 70.1 cm³/mol. The van der Waals surface area contributed by atoms with E-state index in [9.17, 15) is 4.79 Å². The number of carbonyl (C=O) groups excluding carboxylic acids is 1. The van der Waals surface area contributed by atoms with Crippen molar-refractivity contribution >= 4 is 21.9 Å². The predicted octanol–water partition coefficient (Wildman–Crippen LogP) is 2.58. The largest absolute Gasteiger partial charge is 0.469 e. The Morgan fingerprint density at radius 1 is 1.44 bits per heavy atom. The number of hydrogen-bond donors (Lipinski definition) is 0.